The Bertz CT molecular complexity index is 548. The Hall–Kier alpha value is -1.51. The number of hydrogen-bond donors (Lipinski definition) is 2. The third kappa shape index (κ3) is 3.28. The van der Waals surface area contributed by atoms with Gasteiger partial charge in [0.05, 0.1) is 12.6 Å². The van der Waals surface area contributed by atoms with Gasteiger partial charge in [-0.25, -0.2) is 0 Å². The van der Waals surface area contributed by atoms with Crippen LogP contribution in [0.5, 0.6) is 0 Å². The molecule has 0 spiro atoms. The van der Waals surface area contributed by atoms with Crippen molar-refractivity contribution in [3.8, 4) is 0 Å². The molecule has 2 aromatic carbocycles. The molecule has 0 aliphatic heterocycles. The predicted octanol–water partition coefficient (Wildman–Crippen LogP) is 4.10. The van der Waals surface area contributed by atoms with Gasteiger partial charge in [0, 0.05) is 10.7 Å². The molecule has 1 atom stereocenters. The molecule has 0 saturated carbocycles. The van der Waals surface area contributed by atoms with E-state index in [1.807, 2.05) is 30.3 Å². The lowest BCUT2D eigenvalue weighted by molar-refractivity contribution is 0.275. The van der Waals surface area contributed by atoms with E-state index < -0.39 is 0 Å². The fourth-order valence-electron chi connectivity index (χ4n) is 2.37. The molecule has 2 rings (SSSR count). The third-order valence-corrected chi connectivity index (χ3v) is 3.47. The van der Waals surface area contributed by atoms with Crippen LogP contribution >= 0.6 is 11.6 Å². The van der Waals surface area contributed by atoms with Gasteiger partial charge in [0.25, 0.3) is 0 Å². The summed E-state index contributed by atoms with van der Waals surface area (Å²) in [5.41, 5.74) is 4.40. The number of halogens is 1. The zero-order chi connectivity index (χ0) is 13.8. The first-order chi connectivity index (χ1) is 9.11. The average molecular weight is 276 g/mol. The molecule has 3 heteroatoms. The van der Waals surface area contributed by atoms with Crippen molar-refractivity contribution in [1.29, 1.82) is 0 Å². The maximum atomic E-state index is 9.66. The first kappa shape index (κ1) is 13.9. The van der Waals surface area contributed by atoms with E-state index in [1.54, 1.807) is 0 Å². The highest BCUT2D eigenvalue weighted by Gasteiger charge is 2.15. The molecule has 0 aromatic heterocycles. The normalized spacial score (nSPS) is 12.2. The van der Waals surface area contributed by atoms with E-state index in [1.165, 1.54) is 11.1 Å². The van der Waals surface area contributed by atoms with Crippen molar-refractivity contribution in [3.05, 3.63) is 64.2 Å². The molecule has 0 bridgehead atoms. The smallest absolute Gasteiger partial charge is 0.0750 e. The standard InChI is InChI=1S/C16H18ClNO/c1-11-5-3-6-12(2)16(11)15(10-19)18-14-8-4-7-13(17)9-14/h3-9,15,18-19H,10H2,1-2H3. The molecule has 0 heterocycles. The van der Waals surface area contributed by atoms with E-state index >= 15 is 0 Å². The molecule has 19 heavy (non-hydrogen) atoms. The van der Waals surface area contributed by atoms with Crippen LogP contribution in [0.2, 0.25) is 5.02 Å². The second-order valence-electron chi connectivity index (χ2n) is 4.70. The van der Waals surface area contributed by atoms with Gasteiger partial charge in [0.2, 0.25) is 0 Å². The molecule has 0 fully saturated rings. The first-order valence-corrected chi connectivity index (χ1v) is 6.68. The zero-order valence-corrected chi connectivity index (χ0v) is 11.9. The second kappa shape index (κ2) is 6.09. The van der Waals surface area contributed by atoms with Crippen LogP contribution in [0.15, 0.2) is 42.5 Å². The summed E-state index contributed by atoms with van der Waals surface area (Å²) in [5, 5.41) is 13.7. The van der Waals surface area contributed by atoms with Crippen LogP contribution in [0.1, 0.15) is 22.7 Å². The lowest BCUT2D eigenvalue weighted by atomic mass is 9.96. The molecule has 100 valence electrons. The molecule has 0 aliphatic rings. The number of benzene rings is 2. The Morgan fingerprint density at radius 1 is 1.11 bits per heavy atom. The van der Waals surface area contributed by atoms with Gasteiger partial charge in [-0.3, -0.25) is 0 Å². The minimum absolute atomic E-state index is 0.0399. The van der Waals surface area contributed by atoms with Crippen molar-refractivity contribution in [2.45, 2.75) is 19.9 Å². The number of aliphatic hydroxyl groups excluding tert-OH is 1. The molecule has 2 nitrogen and oxygen atoms in total. The van der Waals surface area contributed by atoms with Gasteiger partial charge in [-0.15, -0.1) is 0 Å². The highest BCUT2D eigenvalue weighted by molar-refractivity contribution is 6.30. The largest absolute Gasteiger partial charge is 0.394 e. The lowest BCUT2D eigenvalue weighted by Gasteiger charge is -2.22. The Kier molecular flexibility index (Phi) is 4.46. The molecule has 2 N–H and O–H groups in total. The van der Waals surface area contributed by atoms with Gasteiger partial charge in [-0.1, -0.05) is 35.9 Å². The van der Waals surface area contributed by atoms with Crippen molar-refractivity contribution in [1.82, 2.24) is 0 Å². The SMILES string of the molecule is Cc1cccc(C)c1C(CO)Nc1cccc(Cl)c1. The van der Waals surface area contributed by atoms with Gasteiger partial charge in [-0.05, 0) is 48.7 Å². The van der Waals surface area contributed by atoms with Crippen LogP contribution in [0, 0.1) is 13.8 Å². The summed E-state index contributed by atoms with van der Waals surface area (Å²) in [6.07, 6.45) is 0. The van der Waals surface area contributed by atoms with Gasteiger partial charge >= 0.3 is 0 Å². The molecule has 0 saturated heterocycles. The summed E-state index contributed by atoms with van der Waals surface area (Å²) >= 11 is 5.98. The van der Waals surface area contributed by atoms with Gasteiger partial charge in [-0.2, -0.15) is 0 Å². The maximum Gasteiger partial charge on any atom is 0.0750 e. The van der Waals surface area contributed by atoms with Crippen LogP contribution < -0.4 is 5.32 Å². The van der Waals surface area contributed by atoms with Crippen molar-refractivity contribution in [3.63, 3.8) is 0 Å². The molecule has 0 radical (unpaired) electrons. The van der Waals surface area contributed by atoms with Crippen LogP contribution in [0.4, 0.5) is 5.69 Å². The van der Waals surface area contributed by atoms with E-state index in [9.17, 15) is 5.11 Å². The van der Waals surface area contributed by atoms with Gasteiger partial charge in [0.1, 0.15) is 0 Å². The highest BCUT2D eigenvalue weighted by atomic mass is 35.5. The number of aryl methyl sites for hydroxylation is 2. The van der Waals surface area contributed by atoms with Crippen molar-refractivity contribution >= 4 is 17.3 Å². The Morgan fingerprint density at radius 2 is 1.74 bits per heavy atom. The monoisotopic (exact) mass is 275 g/mol. The number of nitrogens with one attached hydrogen (secondary N) is 1. The van der Waals surface area contributed by atoms with E-state index in [4.69, 9.17) is 11.6 Å². The van der Waals surface area contributed by atoms with E-state index in [2.05, 4.69) is 31.3 Å². The van der Waals surface area contributed by atoms with E-state index in [0.717, 1.165) is 11.3 Å². The summed E-state index contributed by atoms with van der Waals surface area (Å²) in [6, 6.07) is 13.6. The number of hydrogen-bond acceptors (Lipinski definition) is 2. The molecule has 0 amide bonds. The Morgan fingerprint density at radius 3 is 2.32 bits per heavy atom. The van der Waals surface area contributed by atoms with E-state index in [0.29, 0.717) is 5.02 Å². The fourth-order valence-corrected chi connectivity index (χ4v) is 2.56. The number of aliphatic hydroxyl groups is 1. The Balaban J connectivity index is 2.30. The quantitative estimate of drug-likeness (QED) is 0.880. The second-order valence-corrected chi connectivity index (χ2v) is 5.13. The summed E-state index contributed by atoms with van der Waals surface area (Å²) in [6.45, 7) is 4.16. The minimum Gasteiger partial charge on any atom is -0.394 e. The number of rotatable bonds is 4. The highest BCUT2D eigenvalue weighted by Crippen LogP contribution is 2.26. The molecular weight excluding hydrogens is 258 g/mol. The summed E-state index contributed by atoms with van der Waals surface area (Å²) in [7, 11) is 0. The van der Waals surface area contributed by atoms with Crippen LogP contribution in [-0.4, -0.2) is 11.7 Å². The molecule has 0 aliphatic carbocycles. The van der Waals surface area contributed by atoms with Crippen LogP contribution in [-0.2, 0) is 0 Å². The predicted molar refractivity (Wildman–Crippen MR) is 80.8 cm³/mol. The van der Waals surface area contributed by atoms with Crippen LogP contribution in [0.3, 0.4) is 0 Å². The average Bonchev–Trinajstić information content (AvgIpc) is 2.37. The Labute approximate surface area is 119 Å². The van der Waals surface area contributed by atoms with Crippen molar-refractivity contribution in [2.24, 2.45) is 0 Å². The van der Waals surface area contributed by atoms with Gasteiger partial charge < -0.3 is 10.4 Å². The summed E-state index contributed by atoms with van der Waals surface area (Å²) in [5.74, 6) is 0. The zero-order valence-electron chi connectivity index (χ0n) is 11.2. The molecular formula is C16H18ClNO. The molecule has 1 unspecified atom stereocenters. The third-order valence-electron chi connectivity index (χ3n) is 3.24. The maximum absolute atomic E-state index is 9.66. The fraction of sp³-hybridized carbons (Fsp3) is 0.250. The van der Waals surface area contributed by atoms with Gasteiger partial charge in [0.15, 0.2) is 0 Å². The first-order valence-electron chi connectivity index (χ1n) is 6.31. The summed E-state index contributed by atoms with van der Waals surface area (Å²) < 4.78 is 0. The number of anilines is 1. The van der Waals surface area contributed by atoms with Crippen LogP contribution in [0.25, 0.3) is 0 Å². The van der Waals surface area contributed by atoms with Crippen molar-refractivity contribution < 1.29 is 5.11 Å². The topological polar surface area (TPSA) is 32.3 Å². The van der Waals surface area contributed by atoms with E-state index in [-0.39, 0.29) is 12.6 Å². The van der Waals surface area contributed by atoms with Crippen molar-refractivity contribution in [2.75, 3.05) is 11.9 Å². The minimum atomic E-state index is -0.125. The molecule has 2 aromatic rings. The lowest BCUT2D eigenvalue weighted by Crippen LogP contribution is -2.17. The summed E-state index contributed by atoms with van der Waals surface area (Å²) in [4.78, 5) is 0.